The van der Waals surface area contributed by atoms with Crippen molar-refractivity contribution in [2.75, 3.05) is 0 Å². The van der Waals surface area contributed by atoms with Crippen molar-refractivity contribution in [3.63, 3.8) is 0 Å². The molecular formula is C14H12FIN2S2. The first-order valence-corrected chi connectivity index (χ1v) is 8.61. The van der Waals surface area contributed by atoms with Gasteiger partial charge in [-0.05, 0) is 58.7 Å². The molecule has 0 aliphatic carbocycles. The van der Waals surface area contributed by atoms with E-state index < -0.39 is 0 Å². The fourth-order valence-corrected chi connectivity index (χ4v) is 4.13. The fraction of sp³-hybridized carbons (Fsp3) is 0.214. The first-order chi connectivity index (χ1) is 9.61. The Morgan fingerprint density at radius 3 is 2.95 bits per heavy atom. The number of aromatic nitrogens is 2. The number of fused-ring (bicyclic) bond motifs is 1. The molecule has 0 aliphatic rings. The van der Waals surface area contributed by atoms with Crippen LogP contribution in [0.25, 0.3) is 11.0 Å². The van der Waals surface area contributed by atoms with Crippen molar-refractivity contribution >= 4 is 57.2 Å². The van der Waals surface area contributed by atoms with Crippen LogP contribution in [0.1, 0.15) is 24.3 Å². The van der Waals surface area contributed by atoms with Crippen LogP contribution in [0.2, 0.25) is 0 Å². The third kappa shape index (κ3) is 2.33. The minimum atomic E-state index is -0.207. The Morgan fingerprint density at radius 1 is 1.50 bits per heavy atom. The Kier molecular flexibility index (Phi) is 3.96. The number of nitrogens with one attached hydrogen (secondary N) is 1. The van der Waals surface area contributed by atoms with E-state index in [9.17, 15) is 4.39 Å². The van der Waals surface area contributed by atoms with E-state index in [1.807, 2.05) is 33.2 Å². The first kappa shape index (κ1) is 14.2. The number of aromatic amines is 1. The first-order valence-electron chi connectivity index (χ1n) is 6.24. The average molecular weight is 418 g/mol. The summed E-state index contributed by atoms with van der Waals surface area (Å²) in [6.07, 6.45) is 0.912. The van der Waals surface area contributed by atoms with Gasteiger partial charge in [-0.3, -0.25) is 0 Å². The highest BCUT2D eigenvalue weighted by atomic mass is 127. The highest BCUT2D eigenvalue weighted by molar-refractivity contribution is 14.1. The van der Waals surface area contributed by atoms with Gasteiger partial charge in [0, 0.05) is 10.9 Å². The van der Waals surface area contributed by atoms with Crippen LogP contribution >= 0.6 is 46.1 Å². The molecule has 2 aromatic heterocycles. The number of halogens is 2. The van der Waals surface area contributed by atoms with Crippen LogP contribution in [-0.4, -0.2) is 9.55 Å². The van der Waals surface area contributed by atoms with Gasteiger partial charge in [0.05, 0.1) is 20.6 Å². The average Bonchev–Trinajstić information content (AvgIpc) is 3.02. The maximum Gasteiger partial charge on any atom is 0.178 e. The molecule has 6 heteroatoms. The molecule has 0 saturated heterocycles. The summed E-state index contributed by atoms with van der Waals surface area (Å²) in [4.78, 5) is 4.42. The van der Waals surface area contributed by atoms with Gasteiger partial charge in [0.1, 0.15) is 5.82 Å². The molecule has 0 aliphatic heterocycles. The van der Waals surface area contributed by atoms with Crippen LogP contribution in [-0.2, 0) is 0 Å². The smallest absolute Gasteiger partial charge is 0.178 e. The van der Waals surface area contributed by atoms with Gasteiger partial charge < -0.3 is 9.55 Å². The van der Waals surface area contributed by atoms with Crippen LogP contribution in [0, 0.1) is 14.2 Å². The second-order valence-corrected chi connectivity index (χ2v) is 7.05. The van der Waals surface area contributed by atoms with Gasteiger partial charge in [0.2, 0.25) is 0 Å². The summed E-state index contributed by atoms with van der Waals surface area (Å²) in [7, 11) is 0. The van der Waals surface area contributed by atoms with Crippen molar-refractivity contribution in [3.8, 4) is 0 Å². The maximum atomic E-state index is 13.9. The molecule has 1 unspecified atom stereocenters. The van der Waals surface area contributed by atoms with Gasteiger partial charge in [-0.15, -0.1) is 11.3 Å². The third-order valence-corrected chi connectivity index (χ3v) is 5.43. The van der Waals surface area contributed by atoms with Crippen LogP contribution in [0.4, 0.5) is 4.39 Å². The number of rotatable bonds is 3. The Balaban J connectivity index is 2.27. The summed E-state index contributed by atoms with van der Waals surface area (Å²) in [6, 6.07) is 7.65. The van der Waals surface area contributed by atoms with E-state index in [2.05, 4.69) is 23.4 Å². The van der Waals surface area contributed by atoms with E-state index in [-0.39, 0.29) is 11.9 Å². The molecular weight excluding hydrogens is 406 g/mol. The standard InChI is InChI=1S/C14H12FIN2S2/c1-2-11(13-4-3-5-20-13)18-12-6-8(15)9(16)7-10(12)17-14(18)19/h3-7,11H,2H2,1H3,(H,17,19). The fourth-order valence-electron chi connectivity index (χ4n) is 2.42. The van der Waals surface area contributed by atoms with E-state index in [0.29, 0.717) is 8.34 Å². The molecule has 0 amide bonds. The second kappa shape index (κ2) is 5.57. The summed E-state index contributed by atoms with van der Waals surface area (Å²) in [5.41, 5.74) is 1.71. The third-order valence-electron chi connectivity index (χ3n) is 3.33. The van der Waals surface area contributed by atoms with E-state index in [0.717, 1.165) is 17.5 Å². The highest BCUT2D eigenvalue weighted by Gasteiger charge is 2.18. The largest absolute Gasteiger partial charge is 0.331 e. The SMILES string of the molecule is CCC(c1cccs1)n1c(=S)[nH]c2cc(I)c(F)cc21. The number of H-pyrrole nitrogens is 1. The number of hydrogen-bond acceptors (Lipinski definition) is 2. The minimum Gasteiger partial charge on any atom is -0.331 e. The zero-order valence-electron chi connectivity index (χ0n) is 10.7. The van der Waals surface area contributed by atoms with Crippen molar-refractivity contribution in [3.05, 3.63) is 48.7 Å². The van der Waals surface area contributed by atoms with Crippen LogP contribution in [0.15, 0.2) is 29.6 Å². The van der Waals surface area contributed by atoms with Gasteiger partial charge in [-0.2, -0.15) is 0 Å². The molecule has 0 fully saturated rings. The Bertz CT molecular complexity index is 805. The molecule has 104 valence electrons. The number of hydrogen-bond donors (Lipinski definition) is 1. The maximum absolute atomic E-state index is 13.9. The number of benzene rings is 1. The van der Waals surface area contributed by atoms with Crippen molar-refractivity contribution in [1.29, 1.82) is 0 Å². The van der Waals surface area contributed by atoms with Gasteiger partial charge in [-0.25, -0.2) is 4.39 Å². The minimum absolute atomic E-state index is 0.149. The zero-order valence-corrected chi connectivity index (χ0v) is 14.5. The van der Waals surface area contributed by atoms with Crippen LogP contribution < -0.4 is 0 Å². The van der Waals surface area contributed by atoms with Gasteiger partial charge >= 0.3 is 0 Å². The van der Waals surface area contributed by atoms with E-state index in [1.54, 1.807) is 23.5 Å². The molecule has 1 N–H and O–H groups in total. The molecule has 3 rings (SSSR count). The summed E-state index contributed by atoms with van der Waals surface area (Å²) in [5, 5.41) is 2.06. The normalized spacial score (nSPS) is 12.9. The summed E-state index contributed by atoms with van der Waals surface area (Å²) in [5.74, 6) is -0.207. The van der Waals surface area contributed by atoms with Crippen LogP contribution in [0.3, 0.4) is 0 Å². The number of nitrogens with zero attached hydrogens (tertiary/aromatic N) is 1. The molecule has 0 radical (unpaired) electrons. The van der Waals surface area contributed by atoms with Gasteiger partial charge in [0.25, 0.3) is 0 Å². The molecule has 0 saturated carbocycles. The molecule has 2 heterocycles. The summed E-state index contributed by atoms with van der Waals surface area (Å²) < 4.78 is 17.1. The molecule has 2 nitrogen and oxygen atoms in total. The van der Waals surface area contributed by atoms with Crippen molar-refractivity contribution in [2.45, 2.75) is 19.4 Å². The van der Waals surface area contributed by atoms with Crippen LogP contribution in [0.5, 0.6) is 0 Å². The lowest BCUT2D eigenvalue weighted by atomic mass is 10.1. The van der Waals surface area contributed by atoms with Gasteiger partial charge in [0.15, 0.2) is 4.77 Å². The lowest BCUT2D eigenvalue weighted by Gasteiger charge is -2.16. The summed E-state index contributed by atoms with van der Waals surface area (Å²) >= 11 is 9.14. The predicted octanol–water partition coefficient (Wildman–Crippen LogP) is 5.50. The second-order valence-electron chi connectivity index (χ2n) is 4.52. The monoisotopic (exact) mass is 418 g/mol. The van der Waals surface area contributed by atoms with Crippen molar-refractivity contribution in [1.82, 2.24) is 9.55 Å². The lowest BCUT2D eigenvalue weighted by Crippen LogP contribution is -2.08. The molecule has 3 aromatic rings. The Labute approximate surface area is 138 Å². The van der Waals surface area contributed by atoms with Crippen molar-refractivity contribution < 1.29 is 4.39 Å². The quantitative estimate of drug-likeness (QED) is 0.440. The van der Waals surface area contributed by atoms with E-state index in [1.165, 1.54) is 4.88 Å². The topological polar surface area (TPSA) is 20.7 Å². The number of thiophene rings is 1. The summed E-state index contributed by atoms with van der Waals surface area (Å²) in [6.45, 7) is 2.12. The molecule has 1 atom stereocenters. The molecule has 1 aromatic carbocycles. The van der Waals surface area contributed by atoms with E-state index >= 15 is 0 Å². The molecule has 0 bridgehead atoms. The zero-order chi connectivity index (χ0) is 14.3. The molecule has 20 heavy (non-hydrogen) atoms. The number of imidazole rings is 1. The van der Waals surface area contributed by atoms with Gasteiger partial charge in [-0.1, -0.05) is 13.0 Å². The van der Waals surface area contributed by atoms with Crippen molar-refractivity contribution in [2.24, 2.45) is 0 Å². The Morgan fingerprint density at radius 2 is 2.30 bits per heavy atom. The van der Waals surface area contributed by atoms with E-state index in [4.69, 9.17) is 12.2 Å². The Hall–Kier alpha value is -0.730. The molecule has 0 spiro atoms. The highest BCUT2D eigenvalue weighted by Crippen LogP contribution is 2.31. The predicted molar refractivity (Wildman–Crippen MR) is 92.5 cm³/mol. The lowest BCUT2D eigenvalue weighted by molar-refractivity contribution is 0.581.